The van der Waals surface area contributed by atoms with Gasteiger partial charge in [-0.2, -0.15) is 5.10 Å². The van der Waals surface area contributed by atoms with Crippen molar-refractivity contribution in [2.45, 2.75) is 19.3 Å². The molecular weight excluding hydrogens is 637 g/mol. The second-order valence-corrected chi connectivity index (χ2v) is 12.5. The van der Waals surface area contributed by atoms with Crippen LogP contribution in [0.1, 0.15) is 34.5 Å². The van der Waals surface area contributed by atoms with Crippen molar-refractivity contribution in [1.82, 2.24) is 34.7 Å². The van der Waals surface area contributed by atoms with E-state index in [4.69, 9.17) is 0 Å². The lowest BCUT2D eigenvalue weighted by Crippen LogP contribution is -2.50. The summed E-state index contributed by atoms with van der Waals surface area (Å²) in [4.78, 5) is 70.2. The fourth-order valence-corrected chi connectivity index (χ4v) is 6.39. The lowest BCUT2D eigenvalue weighted by Gasteiger charge is -2.35. The van der Waals surface area contributed by atoms with Gasteiger partial charge in [-0.1, -0.05) is 24.3 Å². The van der Waals surface area contributed by atoms with Gasteiger partial charge >= 0.3 is 11.9 Å². The van der Waals surface area contributed by atoms with Crippen molar-refractivity contribution < 1.29 is 33.8 Å². The summed E-state index contributed by atoms with van der Waals surface area (Å²) in [6.45, 7) is 4.77. The number of benzene rings is 2. The molecule has 14 nitrogen and oxygen atoms in total. The molecule has 49 heavy (non-hydrogen) atoms. The fraction of sp³-hybridized carbons (Fsp3) is 0.471. The van der Waals surface area contributed by atoms with Crippen LogP contribution in [0.2, 0.25) is 0 Å². The number of aromatic amines is 1. The van der Waals surface area contributed by atoms with Crippen LogP contribution in [0.15, 0.2) is 47.3 Å². The summed E-state index contributed by atoms with van der Waals surface area (Å²) in [5, 5.41) is 26.4. The van der Waals surface area contributed by atoms with Crippen molar-refractivity contribution in [3.05, 3.63) is 75.5 Å². The highest BCUT2D eigenvalue weighted by Gasteiger charge is 2.27. The Morgan fingerprint density at radius 1 is 0.755 bits per heavy atom. The van der Waals surface area contributed by atoms with Gasteiger partial charge in [0.15, 0.2) is 0 Å². The molecule has 0 atom stereocenters. The number of aromatic nitrogens is 2. The summed E-state index contributed by atoms with van der Waals surface area (Å²) in [5.74, 6) is -2.99. The molecule has 2 aliphatic rings. The number of halogens is 1. The van der Waals surface area contributed by atoms with Crippen LogP contribution in [0.5, 0.6) is 0 Å². The quantitative estimate of drug-likeness (QED) is 0.262. The van der Waals surface area contributed by atoms with Gasteiger partial charge < -0.3 is 24.9 Å². The van der Waals surface area contributed by atoms with Crippen LogP contribution in [0.3, 0.4) is 0 Å². The Labute approximate surface area is 282 Å². The van der Waals surface area contributed by atoms with Crippen molar-refractivity contribution in [3.63, 3.8) is 0 Å². The highest BCUT2D eigenvalue weighted by atomic mass is 19.1. The minimum absolute atomic E-state index is 0.0369. The number of nitrogens with one attached hydrogen (secondary N) is 1. The number of hydrogen-bond donors (Lipinski definition) is 3. The van der Waals surface area contributed by atoms with E-state index in [1.54, 1.807) is 43.9 Å². The van der Waals surface area contributed by atoms with Gasteiger partial charge in [0.1, 0.15) is 5.82 Å². The largest absolute Gasteiger partial charge is 0.480 e. The number of carbonyl (C=O) groups is 4. The van der Waals surface area contributed by atoms with Crippen LogP contribution in [0, 0.1) is 5.82 Å². The van der Waals surface area contributed by atoms with Crippen molar-refractivity contribution in [1.29, 1.82) is 0 Å². The highest BCUT2D eigenvalue weighted by Crippen LogP contribution is 2.20. The first kappa shape index (κ1) is 35.6. The molecule has 2 aliphatic heterocycles. The van der Waals surface area contributed by atoms with E-state index in [1.165, 1.54) is 12.1 Å². The van der Waals surface area contributed by atoms with E-state index < -0.39 is 23.7 Å². The number of carbonyl (C=O) groups excluding carboxylic acids is 2. The standard InChI is InChI=1S/C34H42FN7O7/c35-28-8-7-24(21-29-25-4-1-2-5-26(25)33(48)37-36-29)20-27(28)34(49)42-18-16-41(17-19-42)30(43)6-3-9-38-10-12-39(22-31(44)45)14-15-40(13-11-38)23-32(46)47/h1-2,4-5,7-8,20H,3,6,9-19,21-23H2,(H,37,48)(H,44,45)(H,46,47). The molecule has 0 spiro atoms. The molecular formula is C34H42FN7O7. The first-order valence-corrected chi connectivity index (χ1v) is 16.5. The third kappa shape index (κ3) is 9.68. The molecule has 2 amide bonds. The SMILES string of the molecule is O=C(O)CN1CCN(CCCC(=O)N2CCN(C(=O)c3cc(Cc4n[nH]c(=O)c5ccccc45)ccc3F)CC2)CCN(CC(=O)O)CC1. The van der Waals surface area contributed by atoms with Crippen LogP contribution >= 0.6 is 0 Å². The molecule has 0 saturated carbocycles. The number of piperazine rings is 1. The average Bonchev–Trinajstić information content (AvgIpc) is 3.17. The van der Waals surface area contributed by atoms with Crippen molar-refractivity contribution >= 4 is 34.5 Å². The van der Waals surface area contributed by atoms with E-state index in [0.29, 0.717) is 100 Å². The molecule has 15 heteroatoms. The molecule has 1 aromatic heterocycles. The van der Waals surface area contributed by atoms with Crippen LogP contribution in [-0.2, 0) is 20.8 Å². The molecule has 2 saturated heterocycles. The van der Waals surface area contributed by atoms with Crippen molar-refractivity contribution in [3.8, 4) is 0 Å². The third-order valence-electron chi connectivity index (χ3n) is 9.11. The number of rotatable bonds is 11. The van der Waals surface area contributed by atoms with Gasteiger partial charge in [-0.15, -0.1) is 0 Å². The average molecular weight is 680 g/mol. The molecule has 2 aromatic carbocycles. The molecule has 262 valence electrons. The highest BCUT2D eigenvalue weighted by molar-refractivity contribution is 5.95. The van der Waals surface area contributed by atoms with Crippen molar-refractivity contribution in [2.24, 2.45) is 0 Å². The minimum Gasteiger partial charge on any atom is -0.480 e. The summed E-state index contributed by atoms with van der Waals surface area (Å²) in [5.41, 5.74) is 0.920. The molecule has 0 aliphatic carbocycles. The van der Waals surface area contributed by atoms with Crippen molar-refractivity contribution in [2.75, 3.05) is 85.1 Å². The second-order valence-electron chi connectivity index (χ2n) is 12.5. The van der Waals surface area contributed by atoms with E-state index in [-0.39, 0.29) is 43.2 Å². The summed E-state index contributed by atoms with van der Waals surface area (Å²) >= 11 is 0. The number of carboxylic acids is 2. The van der Waals surface area contributed by atoms with E-state index in [1.807, 2.05) is 6.07 Å². The first-order valence-electron chi connectivity index (χ1n) is 16.5. The number of H-pyrrole nitrogens is 1. The van der Waals surface area contributed by atoms with Crippen LogP contribution in [0.4, 0.5) is 4.39 Å². The zero-order valence-electron chi connectivity index (χ0n) is 27.4. The zero-order valence-corrected chi connectivity index (χ0v) is 27.4. The molecule has 3 N–H and O–H groups in total. The van der Waals surface area contributed by atoms with Crippen LogP contribution < -0.4 is 5.56 Å². The van der Waals surface area contributed by atoms with Crippen LogP contribution in [0.25, 0.3) is 10.8 Å². The van der Waals surface area contributed by atoms with Gasteiger partial charge in [0, 0.05) is 83.7 Å². The number of nitrogens with zero attached hydrogens (tertiary/aromatic N) is 6. The third-order valence-corrected chi connectivity index (χ3v) is 9.11. The normalized spacial score (nSPS) is 17.0. The van der Waals surface area contributed by atoms with Gasteiger partial charge in [-0.05, 0) is 36.7 Å². The van der Waals surface area contributed by atoms with Gasteiger partial charge in [-0.3, -0.25) is 33.8 Å². The topological polar surface area (TPSA) is 171 Å². The number of amides is 2. The second kappa shape index (κ2) is 16.6. The zero-order chi connectivity index (χ0) is 34.9. The maximum absolute atomic E-state index is 14.9. The summed E-state index contributed by atoms with van der Waals surface area (Å²) in [7, 11) is 0. The maximum atomic E-state index is 14.9. The van der Waals surface area contributed by atoms with Gasteiger partial charge in [-0.25, -0.2) is 9.49 Å². The van der Waals surface area contributed by atoms with Crippen LogP contribution in [-0.4, -0.2) is 154 Å². The fourth-order valence-electron chi connectivity index (χ4n) is 6.39. The number of aliphatic carboxylic acids is 2. The first-order chi connectivity index (χ1) is 23.6. The smallest absolute Gasteiger partial charge is 0.317 e. The lowest BCUT2D eigenvalue weighted by molar-refractivity contribution is -0.140. The summed E-state index contributed by atoms with van der Waals surface area (Å²) in [6, 6.07) is 11.5. The molecule has 0 unspecified atom stereocenters. The Balaban J connectivity index is 1.12. The number of fused-ring (bicyclic) bond motifs is 1. The van der Waals surface area contributed by atoms with E-state index in [2.05, 4.69) is 15.1 Å². The van der Waals surface area contributed by atoms with E-state index in [9.17, 15) is 38.6 Å². The number of hydrogen-bond acceptors (Lipinski definition) is 9. The minimum atomic E-state index is -0.935. The Kier molecular flexibility index (Phi) is 12.0. The molecule has 5 rings (SSSR count). The summed E-state index contributed by atoms with van der Waals surface area (Å²) < 4.78 is 14.9. The predicted octanol–water partition coefficient (Wildman–Crippen LogP) is 0.806. The Morgan fingerprint density at radius 2 is 1.33 bits per heavy atom. The molecule has 3 aromatic rings. The predicted molar refractivity (Wildman–Crippen MR) is 178 cm³/mol. The molecule has 0 radical (unpaired) electrons. The Morgan fingerprint density at radius 3 is 1.94 bits per heavy atom. The lowest BCUT2D eigenvalue weighted by atomic mass is 10.0. The van der Waals surface area contributed by atoms with Gasteiger partial charge in [0.05, 0.1) is 29.7 Å². The maximum Gasteiger partial charge on any atom is 0.317 e. The van der Waals surface area contributed by atoms with Gasteiger partial charge in [0.2, 0.25) is 5.91 Å². The monoisotopic (exact) mass is 679 g/mol. The van der Waals surface area contributed by atoms with E-state index in [0.717, 1.165) is 0 Å². The van der Waals surface area contributed by atoms with Gasteiger partial charge in [0.25, 0.3) is 11.5 Å². The summed E-state index contributed by atoms with van der Waals surface area (Å²) in [6.07, 6.45) is 1.16. The molecule has 0 bridgehead atoms. The molecule has 2 fully saturated rings. The Bertz CT molecular complexity index is 1700. The number of carboxylic acid groups (broad SMARTS) is 2. The Hall–Kier alpha value is -4.73. The van der Waals surface area contributed by atoms with E-state index >= 15 is 0 Å². The molecule has 3 heterocycles.